The minimum absolute atomic E-state index is 0.0167. The SMILES string of the molecule is CCOC(=O)C(CCCN=C=O)(CCCN=C=O)C(=O)O. The van der Waals surface area contributed by atoms with Crippen LogP contribution in [-0.2, 0) is 23.9 Å². The largest absolute Gasteiger partial charge is 0.480 e. The number of carbonyl (C=O) groups excluding carboxylic acids is 3. The molecule has 0 aliphatic heterocycles. The van der Waals surface area contributed by atoms with Crippen molar-refractivity contribution in [3.8, 4) is 0 Å². The van der Waals surface area contributed by atoms with Crippen molar-refractivity contribution in [1.29, 1.82) is 0 Å². The monoisotopic (exact) mass is 298 g/mol. The minimum atomic E-state index is -1.72. The van der Waals surface area contributed by atoms with Gasteiger partial charge in [-0.25, -0.2) is 19.6 Å². The van der Waals surface area contributed by atoms with Crippen molar-refractivity contribution in [2.24, 2.45) is 15.4 Å². The third kappa shape index (κ3) is 6.12. The molecule has 0 atom stereocenters. The van der Waals surface area contributed by atoms with E-state index in [4.69, 9.17) is 4.74 Å². The highest BCUT2D eigenvalue weighted by Gasteiger charge is 2.46. The number of isocyanates is 2. The van der Waals surface area contributed by atoms with E-state index in [-0.39, 0.29) is 45.4 Å². The zero-order chi connectivity index (χ0) is 16.1. The van der Waals surface area contributed by atoms with Crippen LogP contribution in [0.1, 0.15) is 32.6 Å². The average molecular weight is 298 g/mol. The van der Waals surface area contributed by atoms with Crippen LogP contribution in [0.15, 0.2) is 9.98 Å². The van der Waals surface area contributed by atoms with E-state index in [0.29, 0.717) is 0 Å². The molecule has 8 heteroatoms. The molecule has 0 aliphatic carbocycles. The summed E-state index contributed by atoms with van der Waals surface area (Å²) >= 11 is 0. The van der Waals surface area contributed by atoms with Crippen molar-refractivity contribution >= 4 is 24.1 Å². The Morgan fingerprint density at radius 2 is 1.57 bits per heavy atom. The molecule has 0 radical (unpaired) electrons. The lowest BCUT2D eigenvalue weighted by molar-refractivity contribution is -0.170. The second-order valence-corrected chi connectivity index (χ2v) is 4.26. The first-order valence-electron chi connectivity index (χ1n) is 6.53. The number of aliphatic imine (C=N–C) groups is 2. The van der Waals surface area contributed by atoms with Crippen LogP contribution in [0.25, 0.3) is 0 Å². The standard InChI is InChI=1S/C13H18N2O6/c1-2-21-12(20)13(11(18)19,5-3-7-14-9-16)6-4-8-15-10-17/h2-8H2,1H3,(H,18,19). The molecule has 0 aliphatic rings. The highest BCUT2D eigenvalue weighted by molar-refractivity contribution is 5.99. The molecule has 0 heterocycles. The molecule has 8 nitrogen and oxygen atoms in total. The summed E-state index contributed by atoms with van der Waals surface area (Å²) in [5, 5.41) is 9.42. The van der Waals surface area contributed by atoms with Crippen LogP contribution < -0.4 is 0 Å². The van der Waals surface area contributed by atoms with Crippen molar-refractivity contribution in [2.45, 2.75) is 32.6 Å². The molecule has 0 saturated carbocycles. The number of carbonyl (C=O) groups is 2. The highest BCUT2D eigenvalue weighted by Crippen LogP contribution is 2.32. The van der Waals surface area contributed by atoms with E-state index >= 15 is 0 Å². The predicted molar refractivity (Wildman–Crippen MR) is 71.1 cm³/mol. The van der Waals surface area contributed by atoms with Gasteiger partial charge in [-0.15, -0.1) is 0 Å². The second kappa shape index (κ2) is 10.5. The Bertz CT molecular complexity index is 426. The summed E-state index contributed by atoms with van der Waals surface area (Å²) in [4.78, 5) is 50.2. The molecular weight excluding hydrogens is 280 g/mol. The lowest BCUT2D eigenvalue weighted by Gasteiger charge is -2.26. The maximum Gasteiger partial charge on any atom is 0.323 e. The Morgan fingerprint density at radius 3 is 1.90 bits per heavy atom. The molecule has 21 heavy (non-hydrogen) atoms. The number of carboxylic acids is 1. The number of carboxylic acid groups (broad SMARTS) is 1. The highest BCUT2D eigenvalue weighted by atomic mass is 16.5. The van der Waals surface area contributed by atoms with E-state index in [1.54, 1.807) is 6.92 Å². The van der Waals surface area contributed by atoms with E-state index in [1.807, 2.05) is 0 Å². The molecule has 0 amide bonds. The van der Waals surface area contributed by atoms with Gasteiger partial charge in [0.05, 0.1) is 19.7 Å². The molecule has 0 saturated heterocycles. The van der Waals surface area contributed by atoms with E-state index < -0.39 is 17.4 Å². The summed E-state index contributed by atoms with van der Waals surface area (Å²) in [7, 11) is 0. The lowest BCUT2D eigenvalue weighted by atomic mass is 9.79. The van der Waals surface area contributed by atoms with Crippen LogP contribution in [0.4, 0.5) is 0 Å². The first-order chi connectivity index (χ1) is 10.0. The Morgan fingerprint density at radius 1 is 1.10 bits per heavy atom. The molecule has 0 fully saturated rings. The fraction of sp³-hybridized carbons (Fsp3) is 0.692. The van der Waals surface area contributed by atoms with Crippen LogP contribution in [0.2, 0.25) is 0 Å². The van der Waals surface area contributed by atoms with Gasteiger partial charge in [0.15, 0.2) is 5.41 Å². The quantitative estimate of drug-likeness (QED) is 0.198. The Kier molecular flexibility index (Phi) is 9.33. The van der Waals surface area contributed by atoms with Gasteiger partial charge in [0, 0.05) is 0 Å². The third-order valence-corrected chi connectivity index (χ3v) is 2.95. The van der Waals surface area contributed by atoms with Crippen LogP contribution in [0.5, 0.6) is 0 Å². The first-order valence-corrected chi connectivity index (χ1v) is 6.53. The number of rotatable bonds is 11. The van der Waals surface area contributed by atoms with Gasteiger partial charge in [0.1, 0.15) is 0 Å². The number of hydrogen-bond acceptors (Lipinski definition) is 7. The second-order valence-electron chi connectivity index (χ2n) is 4.26. The molecule has 0 bridgehead atoms. The van der Waals surface area contributed by atoms with Crippen molar-refractivity contribution in [1.82, 2.24) is 0 Å². The maximum atomic E-state index is 12.0. The van der Waals surface area contributed by atoms with Crippen molar-refractivity contribution in [3.63, 3.8) is 0 Å². The molecule has 1 N–H and O–H groups in total. The van der Waals surface area contributed by atoms with Gasteiger partial charge in [-0.3, -0.25) is 9.59 Å². The lowest BCUT2D eigenvalue weighted by Crippen LogP contribution is -2.41. The van der Waals surface area contributed by atoms with Crippen molar-refractivity contribution in [3.05, 3.63) is 0 Å². The summed E-state index contributed by atoms with van der Waals surface area (Å²) < 4.78 is 4.85. The number of aliphatic carboxylic acids is 1. The Labute approximate surface area is 121 Å². The minimum Gasteiger partial charge on any atom is -0.480 e. The van der Waals surface area contributed by atoms with E-state index in [9.17, 15) is 24.3 Å². The number of nitrogens with zero attached hydrogens (tertiary/aromatic N) is 2. The van der Waals surface area contributed by atoms with Gasteiger partial charge in [-0.1, -0.05) is 0 Å². The molecule has 0 spiro atoms. The molecule has 0 unspecified atom stereocenters. The molecule has 116 valence electrons. The van der Waals surface area contributed by atoms with Crippen molar-refractivity contribution in [2.75, 3.05) is 19.7 Å². The summed E-state index contributed by atoms with van der Waals surface area (Å²) in [5.74, 6) is -2.13. The van der Waals surface area contributed by atoms with Gasteiger partial charge < -0.3 is 9.84 Å². The van der Waals surface area contributed by atoms with Gasteiger partial charge >= 0.3 is 11.9 Å². The van der Waals surface area contributed by atoms with Crippen LogP contribution in [0.3, 0.4) is 0 Å². The molecule has 0 aromatic rings. The van der Waals surface area contributed by atoms with Crippen LogP contribution in [-0.4, -0.2) is 48.9 Å². The maximum absolute atomic E-state index is 12.0. The number of hydrogen-bond donors (Lipinski definition) is 1. The van der Waals surface area contributed by atoms with Gasteiger partial charge in [0.2, 0.25) is 12.2 Å². The predicted octanol–water partition coefficient (Wildman–Crippen LogP) is 0.852. The Hall–Kier alpha value is -2.30. The summed E-state index contributed by atoms with van der Waals surface area (Å²) in [5.41, 5.74) is -1.72. The third-order valence-electron chi connectivity index (χ3n) is 2.95. The van der Waals surface area contributed by atoms with Crippen LogP contribution >= 0.6 is 0 Å². The zero-order valence-electron chi connectivity index (χ0n) is 11.8. The number of ether oxygens (including phenoxy) is 1. The fourth-order valence-corrected chi connectivity index (χ4v) is 1.91. The summed E-state index contributed by atoms with van der Waals surface area (Å²) in [6, 6.07) is 0. The van der Waals surface area contributed by atoms with E-state index in [2.05, 4.69) is 9.98 Å². The summed E-state index contributed by atoms with van der Waals surface area (Å²) in [6.45, 7) is 1.82. The van der Waals surface area contributed by atoms with Gasteiger partial charge in [0.25, 0.3) is 0 Å². The normalized spacial score (nSPS) is 12.4. The van der Waals surface area contributed by atoms with Gasteiger partial charge in [-0.2, -0.15) is 0 Å². The topological polar surface area (TPSA) is 122 Å². The summed E-state index contributed by atoms with van der Waals surface area (Å²) in [6.07, 6.45) is 3.14. The van der Waals surface area contributed by atoms with E-state index in [1.165, 1.54) is 12.2 Å². The molecule has 0 rings (SSSR count). The van der Waals surface area contributed by atoms with Crippen molar-refractivity contribution < 1.29 is 29.0 Å². The Balaban J connectivity index is 5.03. The molecular formula is C13H18N2O6. The average Bonchev–Trinajstić information content (AvgIpc) is 2.45. The smallest absolute Gasteiger partial charge is 0.323 e. The van der Waals surface area contributed by atoms with Crippen LogP contribution in [0, 0.1) is 5.41 Å². The first kappa shape index (κ1) is 18.7. The number of esters is 1. The molecule has 0 aromatic carbocycles. The fourth-order valence-electron chi connectivity index (χ4n) is 1.91. The zero-order valence-corrected chi connectivity index (χ0v) is 11.8. The van der Waals surface area contributed by atoms with E-state index in [0.717, 1.165) is 0 Å². The molecule has 0 aromatic heterocycles. The van der Waals surface area contributed by atoms with Gasteiger partial charge in [-0.05, 0) is 32.6 Å².